The fraction of sp³-hybridized carbons (Fsp3) is 0.0667. The first kappa shape index (κ1) is 11.2. The van der Waals surface area contributed by atoms with Crippen LogP contribution >= 0.6 is 11.6 Å². The van der Waals surface area contributed by atoms with Crippen LogP contribution in [-0.4, -0.2) is 9.67 Å². The van der Waals surface area contributed by atoms with E-state index in [2.05, 4.69) is 0 Å². The van der Waals surface area contributed by atoms with E-state index in [0.717, 1.165) is 28.0 Å². The average Bonchev–Trinajstić information content (AvgIpc) is 2.77. The minimum absolute atomic E-state index is 0.312. The number of fused-ring (bicyclic) bond motifs is 1. The summed E-state index contributed by atoms with van der Waals surface area (Å²) in [7, 11) is 0. The van der Waals surface area contributed by atoms with Crippen LogP contribution in [0, 0.1) is 0 Å². The third-order valence-electron chi connectivity index (χ3n) is 3.03. The van der Waals surface area contributed by atoms with Gasteiger partial charge < -0.3 is 9.67 Å². The summed E-state index contributed by atoms with van der Waals surface area (Å²) in [5, 5.41) is 11.7. The molecule has 0 aliphatic rings. The number of phenolic OH excluding ortho intramolecular Hbond substituents is 1. The van der Waals surface area contributed by atoms with E-state index in [1.54, 1.807) is 6.07 Å². The molecule has 1 heterocycles. The van der Waals surface area contributed by atoms with Crippen LogP contribution in [0.4, 0.5) is 0 Å². The summed E-state index contributed by atoms with van der Waals surface area (Å²) >= 11 is 5.87. The van der Waals surface area contributed by atoms with Gasteiger partial charge >= 0.3 is 0 Å². The van der Waals surface area contributed by atoms with Crippen molar-refractivity contribution in [2.75, 3.05) is 0 Å². The second-order valence-corrected chi connectivity index (χ2v) is 4.72. The molecule has 0 spiro atoms. The number of aromatic nitrogens is 1. The lowest BCUT2D eigenvalue weighted by molar-refractivity contribution is 0.478. The minimum atomic E-state index is 0.312. The number of aromatic hydroxyl groups is 1. The highest BCUT2D eigenvalue weighted by molar-refractivity contribution is 6.30. The lowest BCUT2D eigenvalue weighted by Crippen LogP contribution is -1.97. The number of benzene rings is 2. The van der Waals surface area contributed by atoms with Gasteiger partial charge in [0.15, 0.2) is 0 Å². The number of nitrogens with zero attached hydrogens (tertiary/aromatic N) is 1. The smallest absolute Gasteiger partial charge is 0.139 e. The van der Waals surface area contributed by atoms with Gasteiger partial charge in [-0.05, 0) is 29.8 Å². The van der Waals surface area contributed by atoms with Gasteiger partial charge in [0.1, 0.15) is 5.75 Å². The fourth-order valence-corrected chi connectivity index (χ4v) is 2.29. The minimum Gasteiger partial charge on any atom is -0.506 e. The molecular formula is C15H12ClNO. The van der Waals surface area contributed by atoms with Gasteiger partial charge in [-0.1, -0.05) is 35.9 Å². The second kappa shape index (κ2) is 4.39. The largest absolute Gasteiger partial charge is 0.506 e. The Morgan fingerprint density at radius 1 is 1.00 bits per heavy atom. The van der Waals surface area contributed by atoms with Gasteiger partial charge in [0.05, 0.1) is 5.52 Å². The zero-order valence-electron chi connectivity index (χ0n) is 9.68. The molecule has 0 unspecified atom stereocenters. The molecule has 3 aromatic rings. The first-order chi connectivity index (χ1) is 8.74. The number of rotatable bonds is 2. The average molecular weight is 258 g/mol. The molecule has 2 nitrogen and oxygen atoms in total. The highest BCUT2D eigenvalue weighted by Gasteiger charge is 2.05. The van der Waals surface area contributed by atoms with E-state index in [1.807, 2.05) is 53.2 Å². The Morgan fingerprint density at radius 2 is 1.78 bits per heavy atom. The molecule has 0 atom stereocenters. The van der Waals surface area contributed by atoms with E-state index in [1.165, 1.54) is 0 Å². The molecule has 0 saturated heterocycles. The van der Waals surface area contributed by atoms with E-state index in [9.17, 15) is 5.11 Å². The Balaban J connectivity index is 2.02. The van der Waals surface area contributed by atoms with Crippen LogP contribution in [0.1, 0.15) is 5.56 Å². The van der Waals surface area contributed by atoms with Crippen LogP contribution < -0.4 is 0 Å². The van der Waals surface area contributed by atoms with Crippen molar-refractivity contribution in [3.63, 3.8) is 0 Å². The summed E-state index contributed by atoms with van der Waals surface area (Å²) in [4.78, 5) is 0. The lowest BCUT2D eigenvalue weighted by Gasteiger charge is -2.07. The monoisotopic (exact) mass is 257 g/mol. The van der Waals surface area contributed by atoms with Crippen molar-refractivity contribution in [2.45, 2.75) is 6.54 Å². The Kier molecular flexibility index (Phi) is 2.73. The molecule has 0 saturated carbocycles. The van der Waals surface area contributed by atoms with Crippen molar-refractivity contribution in [3.8, 4) is 5.75 Å². The molecule has 0 fully saturated rings. The maximum absolute atomic E-state index is 9.92. The molecule has 1 N–H and O–H groups in total. The zero-order chi connectivity index (χ0) is 12.5. The molecular weight excluding hydrogens is 246 g/mol. The molecule has 1 aromatic heterocycles. The third kappa shape index (κ3) is 1.95. The van der Waals surface area contributed by atoms with Gasteiger partial charge in [-0.2, -0.15) is 0 Å². The van der Waals surface area contributed by atoms with Crippen molar-refractivity contribution in [2.24, 2.45) is 0 Å². The van der Waals surface area contributed by atoms with Crippen molar-refractivity contribution in [3.05, 3.63) is 65.3 Å². The van der Waals surface area contributed by atoms with E-state index < -0.39 is 0 Å². The highest BCUT2D eigenvalue weighted by Crippen LogP contribution is 2.26. The molecule has 3 heteroatoms. The number of hydrogen-bond acceptors (Lipinski definition) is 1. The third-order valence-corrected chi connectivity index (χ3v) is 3.29. The van der Waals surface area contributed by atoms with Gasteiger partial charge in [0.2, 0.25) is 0 Å². The molecule has 3 rings (SSSR count). The topological polar surface area (TPSA) is 25.2 Å². The fourth-order valence-electron chi connectivity index (χ4n) is 2.16. The SMILES string of the molecule is Oc1cccc2ccn(Cc3ccc(Cl)cc3)c12. The van der Waals surface area contributed by atoms with Crippen molar-refractivity contribution < 1.29 is 5.11 Å². The Hall–Kier alpha value is -1.93. The van der Waals surface area contributed by atoms with Crippen LogP contribution in [0.25, 0.3) is 10.9 Å². The summed E-state index contributed by atoms with van der Waals surface area (Å²) in [5.74, 6) is 0.312. The van der Waals surface area contributed by atoms with E-state index in [-0.39, 0.29) is 0 Å². The summed E-state index contributed by atoms with van der Waals surface area (Å²) in [6, 6.07) is 15.3. The number of halogens is 1. The quantitative estimate of drug-likeness (QED) is 0.736. The molecule has 0 aliphatic carbocycles. The molecule has 90 valence electrons. The summed E-state index contributed by atoms with van der Waals surface area (Å²) in [6.07, 6.45) is 1.99. The summed E-state index contributed by atoms with van der Waals surface area (Å²) < 4.78 is 2.04. The van der Waals surface area contributed by atoms with Crippen LogP contribution in [0.3, 0.4) is 0 Å². The zero-order valence-corrected chi connectivity index (χ0v) is 10.4. The molecule has 0 radical (unpaired) electrons. The van der Waals surface area contributed by atoms with Crippen LogP contribution in [0.5, 0.6) is 5.75 Å². The van der Waals surface area contributed by atoms with E-state index in [0.29, 0.717) is 5.75 Å². The van der Waals surface area contributed by atoms with Crippen molar-refractivity contribution in [1.29, 1.82) is 0 Å². The maximum atomic E-state index is 9.92. The standard InChI is InChI=1S/C15H12ClNO/c16-13-6-4-11(5-7-13)10-17-9-8-12-2-1-3-14(18)15(12)17/h1-9,18H,10H2. The normalized spacial score (nSPS) is 10.9. The van der Waals surface area contributed by atoms with Gasteiger partial charge in [-0.15, -0.1) is 0 Å². The van der Waals surface area contributed by atoms with Crippen LogP contribution in [0.15, 0.2) is 54.7 Å². The Morgan fingerprint density at radius 3 is 2.56 bits per heavy atom. The van der Waals surface area contributed by atoms with E-state index >= 15 is 0 Å². The molecule has 2 aromatic carbocycles. The predicted molar refractivity (Wildman–Crippen MR) is 74.2 cm³/mol. The maximum Gasteiger partial charge on any atom is 0.139 e. The first-order valence-electron chi connectivity index (χ1n) is 5.75. The number of para-hydroxylation sites is 1. The summed E-state index contributed by atoms with van der Waals surface area (Å²) in [5.41, 5.74) is 2.02. The number of hydrogen-bond donors (Lipinski definition) is 1. The summed E-state index contributed by atoms with van der Waals surface area (Å²) in [6.45, 7) is 0.720. The molecule has 0 bridgehead atoms. The van der Waals surface area contributed by atoms with Crippen LogP contribution in [-0.2, 0) is 6.54 Å². The predicted octanol–water partition coefficient (Wildman–Crippen LogP) is 4.05. The van der Waals surface area contributed by atoms with Gasteiger partial charge in [-0.25, -0.2) is 0 Å². The lowest BCUT2D eigenvalue weighted by atomic mass is 10.2. The highest BCUT2D eigenvalue weighted by atomic mass is 35.5. The molecule has 18 heavy (non-hydrogen) atoms. The molecule has 0 amide bonds. The Labute approximate surface area is 110 Å². The number of phenols is 1. The van der Waals surface area contributed by atoms with Crippen molar-refractivity contribution in [1.82, 2.24) is 4.57 Å². The van der Waals surface area contributed by atoms with Crippen LogP contribution in [0.2, 0.25) is 5.02 Å². The van der Waals surface area contributed by atoms with Gasteiger partial charge in [0, 0.05) is 23.2 Å². The molecule has 0 aliphatic heterocycles. The first-order valence-corrected chi connectivity index (χ1v) is 6.13. The van der Waals surface area contributed by atoms with Gasteiger partial charge in [0.25, 0.3) is 0 Å². The Bertz CT molecular complexity index is 685. The van der Waals surface area contributed by atoms with Crippen molar-refractivity contribution >= 4 is 22.5 Å². The van der Waals surface area contributed by atoms with E-state index in [4.69, 9.17) is 11.6 Å². The second-order valence-electron chi connectivity index (χ2n) is 4.29. The van der Waals surface area contributed by atoms with Gasteiger partial charge in [-0.3, -0.25) is 0 Å².